The minimum absolute atomic E-state index is 0.201. The summed E-state index contributed by atoms with van der Waals surface area (Å²) in [5.74, 6) is -0.201. The van der Waals surface area contributed by atoms with Crippen LogP contribution in [0.25, 0.3) is 0 Å². The third kappa shape index (κ3) is 52.7. The second kappa shape index (κ2) is 70.2. The van der Waals surface area contributed by atoms with Gasteiger partial charge in [-0.3, -0.25) is 4.79 Å². The van der Waals surface area contributed by atoms with Crippen molar-refractivity contribution in [2.75, 3.05) is 19.8 Å². The first-order chi connectivity index (χ1) is 49.6. The fourth-order valence-electron chi connectivity index (χ4n) is 13.8. The molecule has 2 heterocycles. The first-order valence-corrected chi connectivity index (χ1v) is 42.3. The summed E-state index contributed by atoms with van der Waals surface area (Å²) in [7, 11) is 0. The number of allylic oxidation sites excluding steroid dienone is 14. The van der Waals surface area contributed by atoms with Crippen LogP contribution >= 0.6 is 0 Å². The van der Waals surface area contributed by atoms with Crippen LogP contribution in [0.3, 0.4) is 0 Å². The summed E-state index contributed by atoms with van der Waals surface area (Å²) in [6.07, 6.45) is 82.0. The molecule has 0 bridgehead atoms. The monoisotopic (exact) mass is 1420 g/mol. The number of amides is 1. The SMILES string of the molecule is CC/C=C\C/C=C\C/C=C\C/C=C\C/C=C\C/C=C\C/C=C\CCCCCCCCCCCCCCCCCCCCCC(=O)NC(COC1OC(CO)C(OC2OC(CO)C(O)C(O)C2O)C(O)C1O)C(O)CCCCCCCCCCCCCCCCCCCCCCCCCCCC. The fourth-order valence-corrected chi connectivity index (χ4v) is 13.8. The molecule has 14 nitrogen and oxygen atoms in total. The van der Waals surface area contributed by atoms with E-state index in [4.69, 9.17) is 18.9 Å². The van der Waals surface area contributed by atoms with Gasteiger partial charge in [0.2, 0.25) is 5.91 Å². The van der Waals surface area contributed by atoms with E-state index in [1.54, 1.807) is 0 Å². The predicted octanol–water partition coefficient (Wildman–Crippen LogP) is 19.9. The Morgan fingerprint density at radius 3 is 1.05 bits per heavy atom. The van der Waals surface area contributed by atoms with Gasteiger partial charge in [0, 0.05) is 6.42 Å². The second-order valence-electron chi connectivity index (χ2n) is 29.6. The molecule has 2 rings (SSSR count). The number of hydrogen-bond acceptors (Lipinski definition) is 13. The maximum absolute atomic E-state index is 13.4. The van der Waals surface area contributed by atoms with E-state index in [0.717, 1.165) is 96.3 Å². The van der Waals surface area contributed by atoms with Gasteiger partial charge in [0.25, 0.3) is 0 Å². The van der Waals surface area contributed by atoms with Crippen molar-refractivity contribution in [3.8, 4) is 0 Å². The summed E-state index contributed by atoms with van der Waals surface area (Å²) >= 11 is 0. The predicted molar refractivity (Wildman–Crippen MR) is 420 cm³/mol. The van der Waals surface area contributed by atoms with Gasteiger partial charge in [-0.2, -0.15) is 0 Å². The van der Waals surface area contributed by atoms with E-state index in [1.807, 2.05) is 0 Å². The summed E-state index contributed by atoms with van der Waals surface area (Å²) in [6, 6.07) is -0.833. The standard InChI is InChI=1S/C87H157NO13/c1-3-5-7-9-11-13-15-17-19-21-23-25-27-29-31-32-33-34-35-36-37-38-39-40-41-42-43-44-45-47-49-51-53-55-57-59-61-63-65-67-69-71-79(92)88-75(74-98-86-84(97)82(95)85(78(73-90)100-86)101-87-83(96)81(94)80(93)77(72-89)99-87)76(91)70-68-66-64-62-60-58-56-54-52-50-48-46-30-28-26-24-22-20-18-16-14-12-10-8-6-4-2/h5,7,11,13,17,19,23,25,29,31,33-34,36-37,75-78,80-87,89-91,93-97H,3-4,6,8-10,12,14-16,18,20-22,24,26-28,30,32,35,38-74H2,1-2H3,(H,88,92)/b7-5-,13-11-,19-17-,25-23-,31-29-,34-33-,37-36-. The Bertz CT molecular complexity index is 2020. The molecule has 2 fully saturated rings. The van der Waals surface area contributed by atoms with Crippen molar-refractivity contribution in [1.29, 1.82) is 0 Å². The van der Waals surface area contributed by atoms with Gasteiger partial charge in [0.05, 0.1) is 32.0 Å². The van der Waals surface area contributed by atoms with Crippen LogP contribution in [0.4, 0.5) is 0 Å². The zero-order valence-electron chi connectivity index (χ0n) is 64.6. The molecule has 12 unspecified atom stereocenters. The molecule has 101 heavy (non-hydrogen) atoms. The van der Waals surface area contributed by atoms with Crippen LogP contribution in [0.5, 0.6) is 0 Å². The average molecular weight is 1430 g/mol. The number of nitrogens with one attached hydrogen (secondary N) is 1. The lowest BCUT2D eigenvalue weighted by Crippen LogP contribution is -2.65. The zero-order chi connectivity index (χ0) is 73.0. The van der Waals surface area contributed by atoms with E-state index in [0.29, 0.717) is 12.8 Å². The van der Waals surface area contributed by atoms with Crippen molar-refractivity contribution in [2.45, 2.75) is 441 Å². The van der Waals surface area contributed by atoms with Crippen molar-refractivity contribution < 1.29 is 64.6 Å². The molecule has 0 aromatic heterocycles. The van der Waals surface area contributed by atoms with Crippen LogP contribution in [-0.4, -0.2) is 140 Å². The molecule has 2 saturated heterocycles. The number of unbranched alkanes of at least 4 members (excludes halogenated alkanes) is 44. The Morgan fingerprint density at radius 2 is 0.683 bits per heavy atom. The molecule has 2 aliphatic heterocycles. The fraction of sp³-hybridized carbons (Fsp3) is 0.828. The molecular weight excluding hydrogens is 1270 g/mol. The third-order valence-corrected chi connectivity index (χ3v) is 20.4. The zero-order valence-corrected chi connectivity index (χ0v) is 64.6. The van der Waals surface area contributed by atoms with Gasteiger partial charge in [-0.15, -0.1) is 0 Å². The highest BCUT2D eigenvalue weighted by atomic mass is 16.7. The van der Waals surface area contributed by atoms with Crippen LogP contribution in [-0.2, 0) is 23.7 Å². The Balaban J connectivity index is 1.57. The van der Waals surface area contributed by atoms with Crippen LogP contribution < -0.4 is 5.32 Å². The van der Waals surface area contributed by atoms with Gasteiger partial charge in [-0.25, -0.2) is 0 Å². The van der Waals surface area contributed by atoms with Crippen molar-refractivity contribution in [3.05, 3.63) is 85.1 Å². The molecule has 0 aliphatic carbocycles. The lowest BCUT2D eigenvalue weighted by Gasteiger charge is -2.46. The second-order valence-corrected chi connectivity index (χ2v) is 29.6. The summed E-state index contributed by atoms with van der Waals surface area (Å²) in [6.45, 7) is 2.80. The largest absolute Gasteiger partial charge is 0.394 e. The van der Waals surface area contributed by atoms with Gasteiger partial charge >= 0.3 is 0 Å². The van der Waals surface area contributed by atoms with Crippen LogP contribution in [0.15, 0.2) is 85.1 Å². The summed E-state index contributed by atoms with van der Waals surface area (Å²) in [5, 5.41) is 87.9. The maximum Gasteiger partial charge on any atom is 0.220 e. The highest BCUT2D eigenvalue weighted by Gasteiger charge is 2.51. The quantitative estimate of drug-likeness (QED) is 0.0204. The van der Waals surface area contributed by atoms with Gasteiger partial charge < -0.3 is 65.1 Å². The van der Waals surface area contributed by atoms with E-state index in [1.165, 1.54) is 244 Å². The summed E-state index contributed by atoms with van der Waals surface area (Å²) in [5.41, 5.74) is 0. The Labute approximate surface area is 618 Å². The highest BCUT2D eigenvalue weighted by molar-refractivity contribution is 5.76. The highest BCUT2D eigenvalue weighted by Crippen LogP contribution is 2.30. The molecule has 2 aliphatic rings. The van der Waals surface area contributed by atoms with E-state index >= 15 is 0 Å². The van der Waals surface area contributed by atoms with Crippen molar-refractivity contribution in [2.24, 2.45) is 0 Å². The van der Waals surface area contributed by atoms with Crippen LogP contribution in [0, 0.1) is 0 Å². The van der Waals surface area contributed by atoms with Gasteiger partial charge in [0.15, 0.2) is 12.6 Å². The third-order valence-electron chi connectivity index (χ3n) is 20.4. The maximum atomic E-state index is 13.4. The molecule has 0 spiro atoms. The molecule has 9 N–H and O–H groups in total. The molecule has 0 aromatic carbocycles. The van der Waals surface area contributed by atoms with E-state index in [2.05, 4.69) is 104 Å². The molecule has 12 atom stereocenters. The number of carbonyl (C=O) groups excluding carboxylic acids is 1. The minimum atomic E-state index is -1.79. The molecule has 14 heteroatoms. The first-order valence-electron chi connectivity index (χ1n) is 42.3. The van der Waals surface area contributed by atoms with E-state index in [9.17, 15) is 45.6 Å². The Kier molecular flexibility index (Phi) is 65.5. The topological polar surface area (TPSA) is 228 Å². The Hall–Kier alpha value is -2.83. The molecule has 0 aromatic rings. The number of ether oxygens (including phenoxy) is 4. The lowest BCUT2D eigenvalue weighted by molar-refractivity contribution is -0.359. The van der Waals surface area contributed by atoms with Gasteiger partial charge in [-0.1, -0.05) is 375 Å². The average Bonchev–Trinajstić information content (AvgIpc) is 0.792. The van der Waals surface area contributed by atoms with Crippen molar-refractivity contribution >= 4 is 5.91 Å². The van der Waals surface area contributed by atoms with Crippen molar-refractivity contribution in [1.82, 2.24) is 5.32 Å². The number of aliphatic hydroxyl groups excluding tert-OH is 8. The van der Waals surface area contributed by atoms with Gasteiger partial charge in [-0.05, 0) is 70.6 Å². The van der Waals surface area contributed by atoms with E-state index in [-0.39, 0.29) is 12.5 Å². The van der Waals surface area contributed by atoms with Crippen LogP contribution in [0.2, 0.25) is 0 Å². The molecule has 0 radical (unpaired) electrons. The smallest absolute Gasteiger partial charge is 0.220 e. The van der Waals surface area contributed by atoms with E-state index < -0.39 is 86.8 Å². The number of carbonyl (C=O) groups is 1. The summed E-state index contributed by atoms with van der Waals surface area (Å²) in [4.78, 5) is 13.4. The summed E-state index contributed by atoms with van der Waals surface area (Å²) < 4.78 is 23.0. The Morgan fingerprint density at radius 1 is 0.366 bits per heavy atom. The minimum Gasteiger partial charge on any atom is -0.394 e. The first kappa shape index (κ1) is 94.3. The lowest BCUT2D eigenvalue weighted by atomic mass is 9.97. The van der Waals surface area contributed by atoms with Crippen molar-refractivity contribution in [3.63, 3.8) is 0 Å². The number of rotatable bonds is 71. The molecule has 0 saturated carbocycles. The normalized spacial score (nSPS) is 22.2. The molecular formula is C87H157NO13. The van der Waals surface area contributed by atoms with Crippen LogP contribution in [0.1, 0.15) is 367 Å². The molecule has 1 amide bonds. The van der Waals surface area contributed by atoms with Gasteiger partial charge in [0.1, 0.15) is 48.8 Å². The molecule has 588 valence electrons. The number of aliphatic hydroxyl groups is 8. The number of hydrogen-bond donors (Lipinski definition) is 9.